The van der Waals surface area contributed by atoms with Crippen molar-refractivity contribution in [2.75, 3.05) is 0 Å². The second kappa shape index (κ2) is 9.73. The predicted molar refractivity (Wildman–Crippen MR) is 98.5 cm³/mol. The van der Waals surface area contributed by atoms with Gasteiger partial charge in [0.1, 0.15) is 11.4 Å². The number of ether oxygens (including phenoxy) is 1. The van der Waals surface area contributed by atoms with Gasteiger partial charge in [-0.1, -0.05) is 19.9 Å². The van der Waals surface area contributed by atoms with Crippen LogP contribution in [0.3, 0.4) is 0 Å². The third-order valence-electron chi connectivity index (χ3n) is 4.40. The van der Waals surface area contributed by atoms with E-state index in [2.05, 4.69) is 0 Å². The molecule has 0 radical (unpaired) electrons. The molecule has 1 fully saturated rings. The van der Waals surface area contributed by atoms with Crippen LogP contribution >= 0.6 is 0 Å². The summed E-state index contributed by atoms with van der Waals surface area (Å²) in [5.41, 5.74) is -0.559. The first-order valence-electron chi connectivity index (χ1n) is 9.40. The number of carbonyl (C=O) groups excluding carboxylic acids is 3. The summed E-state index contributed by atoms with van der Waals surface area (Å²) in [6, 6.07) is -0.0144. The van der Waals surface area contributed by atoms with Crippen LogP contribution in [0.4, 0.5) is 4.79 Å². The Bertz CT molecular complexity index is 504. The number of ketones is 2. The van der Waals surface area contributed by atoms with Gasteiger partial charge in [0.05, 0.1) is 0 Å². The van der Waals surface area contributed by atoms with E-state index in [1.165, 1.54) is 0 Å². The van der Waals surface area contributed by atoms with E-state index in [9.17, 15) is 14.4 Å². The molecule has 0 unspecified atom stereocenters. The average molecular weight is 351 g/mol. The minimum atomic E-state index is -0.559. The molecule has 1 rings (SSSR count). The van der Waals surface area contributed by atoms with Crippen molar-refractivity contribution in [3.05, 3.63) is 12.2 Å². The Morgan fingerprint density at radius 2 is 1.72 bits per heavy atom. The summed E-state index contributed by atoms with van der Waals surface area (Å²) in [6.07, 6.45) is 7.77. The largest absolute Gasteiger partial charge is 0.444 e. The molecular weight excluding hydrogens is 318 g/mol. The molecule has 0 bridgehead atoms. The Morgan fingerprint density at radius 3 is 2.28 bits per heavy atom. The van der Waals surface area contributed by atoms with Crippen molar-refractivity contribution < 1.29 is 19.1 Å². The molecular formula is C20H33NO4. The Hall–Kier alpha value is -1.65. The first-order chi connectivity index (χ1) is 11.7. The van der Waals surface area contributed by atoms with Crippen LogP contribution in [0.5, 0.6) is 0 Å². The third kappa shape index (κ3) is 7.41. The number of hydrogen-bond acceptors (Lipinski definition) is 4. The highest BCUT2D eigenvalue weighted by atomic mass is 16.6. The fourth-order valence-electron chi connectivity index (χ4n) is 3.09. The normalized spacial score (nSPS) is 20.9. The molecule has 1 aliphatic heterocycles. The lowest BCUT2D eigenvalue weighted by Gasteiger charge is -2.32. The fraction of sp³-hybridized carbons (Fsp3) is 0.750. The minimum absolute atomic E-state index is 0.0610. The molecule has 0 aliphatic carbocycles. The van der Waals surface area contributed by atoms with Gasteiger partial charge in [-0.05, 0) is 52.5 Å². The Kier molecular flexibility index (Phi) is 8.33. The van der Waals surface area contributed by atoms with E-state index >= 15 is 0 Å². The fourth-order valence-corrected chi connectivity index (χ4v) is 3.09. The van der Waals surface area contributed by atoms with Crippen molar-refractivity contribution in [3.63, 3.8) is 0 Å². The van der Waals surface area contributed by atoms with E-state index in [-0.39, 0.29) is 29.7 Å². The van der Waals surface area contributed by atoms with Crippen LogP contribution in [0.1, 0.15) is 79.6 Å². The third-order valence-corrected chi connectivity index (χ3v) is 4.40. The van der Waals surface area contributed by atoms with Crippen molar-refractivity contribution in [1.29, 1.82) is 0 Å². The highest BCUT2D eigenvalue weighted by molar-refractivity contribution is 5.89. The van der Waals surface area contributed by atoms with Gasteiger partial charge in [0.2, 0.25) is 0 Å². The van der Waals surface area contributed by atoms with Gasteiger partial charge >= 0.3 is 6.09 Å². The van der Waals surface area contributed by atoms with E-state index in [1.807, 2.05) is 40.7 Å². The topological polar surface area (TPSA) is 63.7 Å². The van der Waals surface area contributed by atoms with Crippen LogP contribution in [-0.2, 0) is 14.3 Å². The summed E-state index contributed by atoms with van der Waals surface area (Å²) in [6.45, 7) is 9.23. The quantitative estimate of drug-likeness (QED) is 0.607. The molecule has 0 N–H and O–H groups in total. The summed E-state index contributed by atoms with van der Waals surface area (Å²) in [7, 11) is 0. The Labute approximate surface area is 151 Å². The zero-order chi connectivity index (χ0) is 19.0. The van der Waals surface area contributed by atoms with E-state index in [4.69, 9.17) is 4.74 Å². The first kappa shape index (κ1) is 21.4. The zero-order valence-corrected chi connectivity index (χ0v) is 16.3. The number of carbonyl (C=O) groups is 3. The first-order valence-corrected chi connectivity index (χ1v) is 9.40. The maximum Gasteiger partial charge on any atom is 0.410 e. The highest BCUT2D eigenvalue weighted by Crippen LogP contribution is 2.31. The molecule has 142 valence electrons. The van der Waals surface area contributed by atoms with E-state index < -0.39 is 5.60 Å². The van der Waals surface area contributed by atoms with Crippen molar-refractivity contribution in [2.24, 2.45) is 0 Å². The van der Waals surface area contributed by atoms with Crippen LogP contribution in [0, 0.1) is 0 Å². The number of Topliss-reactive ketones (excluding diaryl/α,β-unsaturated/α-hetero) is 1. The van der Waals surface area contributed by atoms with Crippen LogP contribution < -0.4 is 0 Å². The van der Waals surface area contributed by atoms with Gasteiger partial charge in [0.15, 0.2) is 5.78 Å². The summed E-state index contributed by atoms with van der Waals surface area (Å²) in [5.74, 6) is 0.287. The SMILES string of the molecule is CCC(=O)/C=C/CC[C@H]1CC[C@H](CC(=O)CC)N1C(=O)OC(C)(C)C. The van der Waals surface area contributed by atoms with Crippen molar-refractivity contribution in [2.45, 2.75) is 97.2 Å². The zero-order valence-electron chi connectivity index (χ0n) is 16.3. The lowest BCUT2D eigenvalue weighted by molar-refractivity contribution is -0.119. The number of nitrogens with zero attached hydrogens (tertiary/aromatic N) is 1. The van der Waals surface area contributed by atoms with E-state index in [1.54, 1.807) is 11.0 Å². The molecule has 0 aromatic heterocycles. The number of hydrogen-bond donors (Lipinski definition) is 0. The standard InChI is InChI=1S/C20H33NO4/c1-6-17(22)11-9-8-10-15-12-13-16(14-18(23)7-2)21(15)19(24)25-20(3,4)5/h9,11,15-16H,6-8,10,12-14H2,1-5H3/b11-9+/t15-,16+/m0/s1. The number of likely N-dealkylation sites (tertiary alicyclic amines) is 1. The molecule has 0 aromatic carbocycles. The molecule has 1 heterocycles. The van der Waals surface area contributed by atoms with Crippen molar-refractivity contribution in [3.8, 4) is 0 Å². The molecule has 1 aliphatic rings. The molecule has 2 atom stereocenters. The predicted octanol–water partition coefficient (Wildman–Crippen LogP) is 4.44. The van der Waals surface area contributed by atoms with Gasteiger partial charge in [0.25, 0.3) is 0 Å². The van der Waals surface area contributed by atoms with Crippen LogP contribution in [0.15, 0.2) is 12.2 Å². The molecule has 0 spiro atoms. The van der Waals surface area contributed by atoms with Crippen LogP contribution in [-0.4, -0.2) is 40.2 Å². The molecule has 1 saturated heterocycles. The Balaban J connectivity index is 2.76. The van der Waals surface area contributed by atoms with Crippen LogP contribution in [0.2, 0.25) is 0 Å². The lowest BCUT2D eigenvalue weighted by Crippen LogP contribution is -2.44. The van der Waals surface area contributed by atoms with Crippen LogP contribution in [0.25, 0.3) is 0 Å². The number of rotatable bonds is 8. The molecule has 1 amide bonds. The monoisotopic (exact) mass is 351 g/mol. The maximum absolute atomic E-state index is 12.7. The molecule has 25 heavy (non-hydrogen) atoms. The van der Waals surface area contributed by atoms with Gasteiger partial charge in [-0.15, -0.1) is 0 Å². The second-order valence-electron chi connectivity index (χ2n) is 7.67. The summed E-state index contributed by atoms with van der Waals surface area (Å²) in [5, 5.41) is 0. The van der Waals surface area contributed by atoms with E-state index in [0.717, 1.165) is 25.7 Å². The minimum Gasteiger partial charge on any atom is -0.444 e. The summed E-state index contributed by atoms with van der Waals surface area (Å²) >= 11 is 0. The van der Waals surface area contributed by atoms with E-state index in [0.29, 0.717) is 19.3 Å². The van der Waals surface area contributed by atoms with Gasteiger partial charge in [0, 0.05) is 31.3 Å². The molecule has 5 nitrogen and oxygen atoms in total. The highest BCUT2D eigenvalue weighted by Gasteiger charge is 2.39. The maximum atomic E-state index is 12.7. The van der Waals surface area contributed by atoms with Gasteiger partial charge in [-0.3, -0.25) is 9.59 Å². The van der Waals surface area contributed by atoms with Gasteiger partial charge in [-0.2, -0.15) is 0 Å². The molecule has 0 aromatic rings. The van der Waals surface area contributed by atoms with Gasteiger partial charge < -0.3 is 9.64 Å². The van der Waals surface area contributed by atoms with Gasteiger partial charge in [-0.25, -0.2) is 4.79 Å². The summed E-state index contributed by atoms with van der Waals surface area (Å²) < 4.78 is 5.56. The molecule has 5 heteroatoms. The second-order valence-corrected chi connectivity index (χ2v) is 7.67. The average Bonchev–Trinajstić information content (AvgIpc) is 2.92. The van der Waals surface area contributed by atoms with Crippen molar-refractivity contribution >= 4 is 17.7 Å². The number of amides is 1. The molecule has 0 saturated carbocycles. The van der Waals surface area contributed by atoms with Crippen molar-refractivity contribution in [1.82, 2.24) is 4.90 Å². The smallest absolute Gasteiger partial charge is 0.410 e. The summed E-state index contributed by atoms with van der Waals surface area (Å²) in [4.78, 5) is 37.6. The Morgan fingerprint density at radius 1 is 1.08 bits per heavy atom. The lowest BCUT2D eigenvalue weighted by atomic mass is 10.1. The number of allylic oxidation sites excluding steroid dienone is 2.